The molecule has 2 aromatic heterocycles. The number of aromatic nitrogens is 4. The normalized spacial score (nSPS) is 12.2. The summed E-state index contributed by atoms with van der Waals surface area (Å²) >= 11 is 6.42. The number of alkyl halides is 6. The van der Waals surface area contributed by atoms with E-state index in [1.807, 2.05) is 0 Å². The number of hydrogen-bond donors (Lipinski definition) is 0. The Kier molecular flexibility index (Phi) is 9.33. The van der Waals surface area contributed by atoms with Crippen molar-refractivity contribution in [3.05, 3.63) is 111 Å². The molecule has 3 aromatic carbocycles. The molecular formula is C31H23ClF6N4O4. The Hall–Kier alpha value is -4.53. The fraction of sp³-hybridized carbons (Fsp3) is 0.226. The lowest BCUT2D eigenvalue weighted by Crippen LogP contribution is -2.18. The first-order valence-corrected chi connectivity index (χ1v) is 13.8. The number of rotatable bonds is 10. The van der Waals surface area contributed by atoms with Crippen LogP contribution in [0.5, 0.6) is 0 Å². The minimum atomic E-state index is -5.05. The second-order valence-electron chi connectivity index (χ2n) is 9.97. The molecule has 5 rings (SSSR count). The zero-order chi connectivity index (χ0) is 33.2. The van der Waals surface area contributed by atoms with Crippen LogP contribution in [0.3, 0.4) is 0 Å². The lowest BCUT2D eigenvalue weighted by Gasteiger charge is -2.15. The lowest BCUT2D eigenvalue weighted by molar-refractivity contribution is -0.143. The molecule has 15 heteroatoms. The van der Waals surface area contributed by atoms with Gasteiger partial charge >= 0.3 is 12.4 Å². The first kappa shape index (κ1) is 32.9. The number of halogens is 7. The molecule has 2 heterocycles. The Labute approximate surface area is 262 Å². The number of benzene rings is 3. The van der Waals surface area contributed by atoms with Crippen molar-refractivity contribution in [2.75, 3.05) is 14.2 Å². The highest BCUT2D eigenvalue weighted by atomic mass is 35.5. The molecule has 0 spiro atoms. The van der Waals surface area contributed by atoms with E-state index in [1.54, 1.807) is 54.6 Å². The first-order valence-electron chi connectivity index (χ1n) is 13.4. The predicted octanol–water partition coefficient (Wildman–Crippen LogP) is 7.73. The summed E-state index contributed by atoms with van der Waals surface area (Å²) in [4.78, 5) is 14.4. The van der Waals surface area contributed by atoms with Gasteiger partial charge in [-0.05, 0) is 35.9 Å². The fourth-order valence-corrected chi connectivity index (χ4v) is 5.03. The second kappa shape index (κ2) is 13.1. The van der Waals surface area contributed by atoms with E-state index in [0.717, 1.165) is 4.68 Å². The minimum Gasteiger partial charge on any atom is -0.356 e. The highest BCUT2D eigenvalue weighted by Gasteiger charge is 2.37. The molecule has 46 heavy (non-hydrogen) atoms. The van der Waals surface area contributed by atoms with Crippen molar-refractivity contribution in [1.29, 1.82) is 0 Å². The number of carbonyl (C=O) groups is 1. The molecule has 240 valence electrons. The van der Waals surface area contributed by atoms with Crippen LogP contribution in [0, 0.1) is 0 Å². The summed E-state index contributed by atoms with van der Waals surface area (Å²) in [7, 11) is 2.78. The van der Waals surface area contributed by atoms with Crippen molar-refractivity contribution in [3.8, 4) is 22.6 Å². The van der Waals surface area contributed by atoms with Gasteiger partial charge in [0.15, 0.2) is 17.7 Å². The van der Waals surface area contributed by atoms with Gasteiger partial charge in [-0.15, -0.1) is 5.10 Å². The van der Waals surface area contributed by atoms with Crippen LogP contribution in [0.25, 0.3) is 22.6 Å². The van der Waals surface area contributed by atoms with E-state index in [1.165, 1.54) is 14.2 Å². The first-order chi connectivity index (χ1) is 21.8. The van der Waals surface area contributed by atoms with Gasteiger partial charge in [0.25, 0.3) is 0 Å². The molecule has 0 unspecified atom stereocenters. The summed E-state index contributed by atoms with van der Waals surface area (Å²) in [6.45, 7) is -0.583. The summed E-state index contributed by atoms with van der Waals surface area (Å²) < 4.78 is 98.7. The van der Waals surface area contributed by atoms with E-state index in [2.05, 4.69) is 15.5 Å². The van der Waals surface area contributed by atoms with Gasteiger partial charge in [0.1, 0.15) is 11.4 Å². The highest BCUT2D eigenvalue weighted by Crippen LogP contribution is 2.38. The van der Waals surface area contributed by atoms with Crippen LogP contribution in [-0.4, -0.2) is 46.4 Å². The van der Waals surface area contributed by atoms with Gasteiger partial charge in [0.05, 0.1) is 28.3 Å². The Morgan fingerprint density at radius 2 is 1.52 bits per heavy atom. The van der Waals surface area contributed by atoms with Crippen LogP contribution in [-0.2, 0) is 34.8 Å². The summed E-state index contributed by atoms with van der Waals surface area (Å²) in [6, 6.07) is 15.9. The van der Waals surface area contributed by atoms with Crippen molar-refractivity contribution in [2.45, 2.75) is 31.6 Å². The van der Waals surface area contributed by atoms with Crippen LogP contribution in [0.4, 0.5) is 26.3 Å². The molecule has 0 atom stereocenters. The molecule has 0 radical (unpaired) electrons. The van der Waals surface area contributed by atoms with E-state index < -0.39 is 42.1 Å². The van der Waals surface area contributed by atoms with Gasteiger partial charge in [-0.2, -0.15) is 26.3 Å². The molecule has 5 aromatic rings. The zero-order valence-corrected chi connectivity index (χ0v) is 24.7. The molecule has 0 fully saturated rings. The summed E-state index contributed by atoms with van der Waals surface area (Å²) in [5.74, 6) is -0.750. The van der Waals surface area contributed by atoms with Crippen molar-refractivity contribution < 1.29 is 45.1 Å². The largest absolute Gasteiger partial charge is 0.416 e. The third-order valence-electron chi connectivity index (χ3n) is 6.97. The fourth-order valence-electron chi connectivity index (χ4n) is 4.81. The number of hydrogen-bond acceptors (Lipinski definition) is 7. The Morgan fingerprint density at radius 1 is 0.913 bits per heavy atom. The molecule has 0 aliphatic heterocycles. The van der Waals surface area contributed by atoms with Crippen molar-refractivity contribution in [3.63, 3.8) is 0 Å². The monoisotopic (exact) mass is 664 g/mol. The van der Waals surface area contributed by atoms with Crippen LogP contribution < -0.4 is 0 Å². The third kappa shape index (κ3) is 6.83. The average Bonchev–Trinajstić information content (AvgIpc) is 3.63. The Bertz CT molecular complexity index is 1820. The predicted molar refractivity (Wildman–Crippen MR) is 153 cm³/mol. The second-order valence-corrected chi connectivity index (χ2v) is 10.4. The van der Waals surface area contributed by atoms with Gasteiger partial charge < -0.3 is 14.0 Å². The molecule has 0 saturated heterocycles. The molecule has 0 bridgehead atoms. The summed E-state index contributed by atoms with van der Waals surface area (Å²) in [5.41, 5.74) is -2.82. The molecule has 0 aliphatic carbocycles. The molecule has 0 N–H and O–H groups in total. The maximum Gasteiger partial charge on any atom is 0.416 e. The average molecular weight is 665 g/mol. The van der Waals surface area contributed by atoms with Crippen LogP contribution in [0.15, 0.2) is 77.3 Å². The number of nitrogens with zero attached hydrogens (tertiary/aromatic N) is 4. The van der Waals surface area contributed by atoms with E-state index >= 15 is 0 Å². The summed E-state index contributed by atoms with van der Waals surface area (Å²) in [6.07, 6.45) is -11.0. The van der Waals surface area contributed by atoms with E-state index in [0.29, 0.717) is 23.3 Å². The quantitative estimate of drug-likeness (QED) is 0.0857. The van der Waals surface area contributed by atoms with E-state index in [-0.39, 0.29) is 51.5 Å². The topological polar surface area (TPSA) is 92.3 Å². The molecule has 8 nitrogen and oxygen atoms in total. The SMILES string of the molecule is COC(Cc1noc(-c2ccccc2Cl)c1C(=O)c1nnn(Cc2cc(C(F)(F)F)cc(C(F)(F)F)c2)c1-c1ccccc1)OC. The maximum absolute atomic E-state index is 14.4. The van der Waals surface area contributed by atoms with Crippen LogP contribution in [0.1, 0.15) is 38.4 Å². The molecule has 0 aliphatic rings. The number of carbonyl (C=O) groups excluding carboxylic acids is 1. The van der Waals surface area contributed by atoms with Crippen molar-refractivity contribution in [2.24, 2.45) is 0 Å². The third-order valence-corrected chi connectivity index (χ3v) is 7.30. The minimum absolute atomic E-state index is 0.00202. The Morgan fingerprint density at radius 3 is 2.11 bits per heavy atom. The highest BCUT2D eigenvalue weighted by molar-refractivity contribution is 6.33. The number of ether oxygens (including phenoxy) is 2. The van der Waals surface area contributed by atoms with Gasteiger partial charge in [-0.1, -0.05) is 64.4 Å². The molecular weight excluding hydrogens is 642 g/mol. The molecule has 0 saturated carbocycles. The maximum atomic E-state index is 14.4. The van der Waals surface area contributed by atoms with Gasteiger partial charge in [0.2, 0.25) is 5.78 Å². The number of ketones is 1. The zero-order valence-electron chi connectivity index (χ0n) is 24.0. The van der Waals surface area contributed by atoms with E-state index in [4.69, 9.17) is 25.6 Å². The summed E-state index contributed by atoms with van der Waals surface area (Å²) in [5, 5.41) is 12.4. The Balaban J connectivity index is 1.68. The van der Waals surface area contributed by atoms with Gasteiger partial charge in [-0.25, -0.2) is 4.68 Å². The van der Waals surface area contributed by atoms with Gasteiger partial charge in [-0.3, -0.25) is 4.79 Å². The van der Waals surface area contributed by atoms with Crippen molar-refractivity contribution >= 4 is 17.4 Å². The van der Waals surface area contributed by atoms with Gasteiger partial charge in [0, 0.05) is 31.8 Å². The van der Waals surface area contributed by atoms with Crippen molar-refractivity contribution in [1.82, 2.24) is 20.2 Å². The lowest BCUT2D eigenvalue weighted by atomic mass is 9.97. The van der Waals surface area contributed by atoms with E-state index in [9.17, 15) is 31.1 Å². The van der Waals surface area contributed by atoms with Crippen LogP contribution in [0.2, 0.25) is 5.02 Å². The standard InChI is InChI=1S/C31H23ClF6N4O4/c1-44-24(45-2)15-23-25(29(46-40-23)21-10-6-7-11-22(21)32)28(43)26-27(18-8-4-3-5-9-18)42(41-39-26)16-17-12-19(30(33,34)35)14-20(13-17)31(36,37)38/h3-14,24H,15-16H2,1-2H3. The number of methoxy groups -OCH3 is 2. The molecule has 0 amide bonds. The smallest absolute Gasteiger partial charge is 0.356 e. The van der Waals surface area contributed by atoms with Crippen LogP contribution >= 0.6 is 11.6 Å².